The summed E-state index contributed by atoms with van der Waals surface area (Å²) in [5, 5.41) is 0. The van der Waals surface area contributed by atoms with E-state index in [-0.39, 0.29) is 29.0 Å². The Labute approximate surface area is 138 Å². The van der Waals surface area contributed by atoms with Crippen LogP contribution in [0.5, 0.6) is 0 Å². The van der Waals surface area contributed by atoms with Gasteiger partial charge in [-0.2, -0.15) is 0 Å². The van der Waals surface area contributed by atoms with Crippen LogP contribution < -0.4 is 0 Å². The zero-order valence-corrected chi connectivity index (χ0v) is 14.3. The molecular weight excluding hydrogens is 310 g/mol. The van der Waals surface area contributed by atoms with Crippen LogP contribution in [0.4, 0.5) is 0 Å². The second kappa shape index (κ2) is 7.65. The van der Waals surface area contributed by atoms with Gasteiger partial charge in [-0.15, -0.1) is 6.42 Å². The Balaban J connectivity index is 2.15. The van der Waals surface area contributed by atoms with Crippen molar-refractivity contribution in [3.05, 3.63) is 29.8 Å². The molecule has 0 N–H and O–H groups in total. The summed E-state index contributed by atoms with van der Waals surface area (Å²) < 4.78 is 23.9. The molecule has 0 bridgehead atoms. The zero-order chi connectivity index (χ0) is 16.9. The van der Waals surface area contributed by atoms with Gasteiger partial charge in [0.1, 0.15) is 0 Å². The zero-order valence-electron chi connectivity index (χ0n) is 13.5. The van der Waals surface area contributed by atoms with Gasteiger partial charge in [-0.1, -0.05) is 37.8 Å². The van der Waals surface area contributed by atoms with Gasteiger partial charge in [-0.25, -0.2) is 8.42 Å². The topological polar surface area (TPSA) is 54.5 Å². The lowest BCUT2D eigenvalue weighted by atomic mass is 10.1. The average Bonchev–Trinajstić information content (AvgIpc) is 3.06. The van der Waals surface area contributed by atoms with Crippen LogP contribution in [-0.2, 0) is 21.1 Å². The molecular formula is C18H23NO3S. The lowest BCUT2D eigenvalue weighted by Gasteiger charge is -2.27. The SMILES string of the molecule is C#CCN(C(=O)Cc1cccc(S(=O)(=O)CC)c1)C1CCCC1. The second-order valence-corrected chi connectivity index (χ2v) is 8.17. The monoisotopic (exact) mass is 333 g/mol. The molecule has 0 heterocycles. The number of carbonyl (C=O) groups excluding carboxylic acids is 1. The summed E-state index contributed by atoms with van der Waals surface area (Å²) in [5.41, 5.74) is 0.713. The van der Waals surface area contributed by atoms with Crippen LogP contribution in [0.15, 0.2) is 29.2 Å². The molecule has 1 aliphatic carbocycles. The van der Waals surface area contributed by atoms with Gasteiger partial charge in [0.05, 0.1) is 23.6 Å². The molecule has 0 aliphatic heterocycles. The molecule has 1 aliphatic rings. The lowest BCUT2D eigenvalue weighted by Crippen LogP contribution is -2.40. The fourth-order valence-corrected chi connectivity index (χ4v) is 3.98. The minimum Gasteiger partial charge on any atom is -0.328 e. The molecule has 5 heteroatoms. The van der Waals surface area contributed by atoms with Crippen LogP contribution in [-0.4, -0.2) is 37.6 Å². The predicted octanol–water partition coefficient (Wildman–Crippen LogP) is 2.43. The molecule has 1 aromatic carbocycles. The summed E-state index contributed by atoms with van der Waals surface area (Å²) in [7, 11) is -3.26. The first kappa shape index (κ1) is 17.6. The highest BCUT2D eigenvalue weighted by Crippen LogP contribution is 2.24. The van der Waals surface area contributed by atoms with Crippen molar-refractivity contribution in [3.8, 4) is 12.3 Å². The van der Waals surface area contributed by atoms with Crippen LogP contribution in [0.25, 0.3) is 0 Å². The maximum Gasteiger partial charge on any atom is 0.228 e. The quantitative estimate of drug-likeness (QED) is 0.751. The number of rotatable bonds is 6. The molecule has 1 amide bonds. The molecule has 0 saturated heterocycles. The fourth-order valence-electron chi connectivity index (χ4n) is 3.03. The Morgan fingerprint density at radius 3 is 2.65 bits per heavy atom. The van der Waals surface area contributed by atoms with E-state index in [9.17, 15) is 13.2 Å². The minimum atomic E-state index is -3.26. The third-order valence-electron chi connectivity index (χ3n) is 4.34. The maximum absolute atomic E-state index is 12.6. The Kier molecular flexibility index (Phi) is 5.84. The van der Waals surface area contributed by atoms with Crippen molar-refractivity contribution >= 4 is 15.7 Å². The normalized spacial score (nSPS) is 15.3. The van der Waals surface area contributed by atoms with Gasteiger partial charge in [-0.3, -0.25) is 4.79 Å². The molecule has 2 rings (SSSR count). The first-order chi connectivity index (χ1) is 11.0. The highest BCUT2D eigenvalue weighted by Gasteiger charge is 2.26. The van der Waals surface area contributed by atoms with E-state index >= 15 is 0 Å². The number of sulfone groups is 1. The van der Waals surface area contributed by atoms with Gasteiger partial charge >= 0.3 is 0 Å². The number of terminal acetylenes is 1. The lowest BCUT2D eigenvalue weighted by molar-refractivity contribution is -0.131. The maximum atomic E-state index is 12.6. The summed E-state index contributed by atoms with van der Waals surface area (Å²) >= 11 is 0. The van der Waals surface area contributed by atoms with Gasteiger partial charge in [0.2, 0.25) is 5.91 Å². The molecule has 4 nitrogen and oxygen atoms in total. The predicted molar refractivity (Wildman–Crippen MR) is 90.7 cm³/mol. The molecule has 0 radical (unpaired) electrons. The summed E-state index contributed by atoms with van der Waals surface area (Å²) in [6, 6.07) is 6.87. The molecule has 0 unspecified atom stereocenters. The van der Waals surface area contributed by atoms with E-state index < -0.39 is 9.84 Å². The van der Waals surface area contributed by atoms with Crippen molar-refractivity contribution in [1.29, 1.82) is 0 Å². The van der Waals surface area contributed by atoms with E-state index in [1.165, 1.54) is 0 Å². The Morgan fingerprint density at radius 1 is 1.35 bits per heavy atom. The molecule has 0 aromatic heterocycles. The molecule has 1 fully saturated rings. The molecule has 23 heavy (non-hydrogen) atoms. The highest BCUT2D eigenvalue weighted by atomic mass is 32.2. The van der Waals surface area contributed by atoms with Crippen LogP contribution in [0.2, 0.25) is 0 Å². The van der Waals surface area contributed by atoms with Gasteiger partial charge in [0, 0.05) is 6.04 Å². The van der Waals surface area contributed by atoms with E-state index in [1.54, 1.807) is 36.1 Å². The minimum absolute atomic E-state index is 0.0269. The number of nitrogens with zero attached hydrogens (tertiary/aromatic N) is 1. The van der Waals surface area contributed by atoms with Gasteiger partial charge in [-0.05, 0) is 30.5 Å². The number of benzene rings is 1. The molecule has 0 atom stereocenters. The standard InChI is InChI=1S/C18H23NO3S/c1-3-12-19(16-9-5-6-10-16)18(20)14-15-8-7-11-17(13-15)23(21,22)4-2/h1,7-8,11,13,16H,4-6,9-10,12,14H2,2H3. The Bertz CT molecular complexity index is 697. The van der Waals surface area contributed by atoms with Crippen molar-refractivity contribution in [2.45, 2.75) is 50.0 Å². The van der Waals surface area contributed by atoms with E-state index in [0.717, 1.165) is 25.7 Å². The summed E-state index contributed by atoms with van der Waals surface area (Å²) in [5.74, 6) is 2.59. The second-order valence-electron chi connectivity index (χ2n) is 5.89. The summed E-state index contributed by atoms with van der Waals surface area (Å²) in [6.07, 6.45) is 9.84. The third-order valence-corrected chi connectivity index (χ3v) is 6.07. The van der Waals surface area contributed by atoms with E-state index in [2.05, 4.69) is 5.92 Å². The van der Waals surface area contributed by atoms with Crippen molar-refractivity contribution < 1.29 is 13.2 Å². The summed E-state index contributed by atoms with van der Waals surface area (Å²) in [4.78, 5) is 14.6. The first-order valence-corrected chi connectivity index (χ1v) is 9.67. The smallest absolute Gasteiger partial charge is 0.228 e. The number of hydrogen-bond donors (Lipinski definition) is 0. The average molecular weight is 333 g/mol. The third kappa shape index (κ3) is 4.35. The van der Waals surface area contributed by atoms with Gasteiger partial charge in [0.15, 0.2) is 9.84 Å². The molecule has 1 saturated carbocycles. The number of carbonyl (C=O) groups is 1. The first-order valence-electron chi connectivity index (χ1n) is 8.02. The van der Waals surface area contributed by atoms with Crippen molar-refractivity contribution in [3.63, 3.8) is 0 Å². The van der Waals surface area contributed by atoms with Crippen LogP contribution >= 0.6 is 0 Å². The Morgan fingerprint density at radius 2 is 2.04 bits per heavy atom. The highest BCUT2D eigenvalue weighted by molar-refractivity contribution is 7.91. The van der Waals surface area contributed by atoms with E-state index in [1.807, 2.05) is 0 Å². The van der Waals surface area contributed by atoms with Gasteiger partial charge in [0.25, 0.3) is 0 Å². The van der Waals surface area contributed by atoms with Gasteiger partial charge < -0.3 is 4.90 Å². The Hall–Kier alpha value is -1.80. The van der Waals surface area contributed by atoms with E-state index in [0.29, 0.717) is 12.1 Å². The van der Waals surface area contributed by atoms with Crippen LogP contribution in [0.3, 0.4) is 0 Å². The molecule has 1 aromatic rings. The summed E-state index contributed by atoms with van der Waals surface area (Å²) in [6.45, 7) is 1.93. The fraction of sp³-hybridized carbons (Fsp3) is 0.500. The molecule has 124 valence electrons. The van der Waals surface area contributed by atoms with Crippen molar-refractivity contribution in [2.24, 2.45) is 0 Å². The van der Waals surface area contributed by atoms with E-state index in [4.69, 9.17) is 6.42 Å². The largest absolute Gasteiger partial charge is 0.328 e. The number of hydrogen-bond acceptors (Lipinski definition) is 3. The van der Waals surface area contributed by atoms with Crippen molar-refractivity contribution in [1.82, 2.24) is 4.90 Å². The van der Waals surface area contributed by atoms with Crippen LogP contribution in [0, 0.1) is 12.3 Å². The number of amides is 1. The molecule has 0 spiro atoms. The van der Waals surface area contributed by atoms with Crippen molar-refractivity contribution in [2.75, 3.05) is 12.3 Å². The van der Waals surface area contributed by atoms with Crippen LogP contribution in [0.1, 0.15) is 38.2 Å².